The molecule has 1 aliphatic rings. The van der Waals surface area contributed by atoms with Crippen LogP contribution in [0, 0.1) is 6.92 Å². The number of hydrogen-bond donors (Lipinski definition) is 1. The Hall–Kier alpha value is -1.02. The molecule has 0 aromatic heterocycles. The van der Waals surface area contributed by atoms with Crippen molar-refractivity contribution < 1.29 is 0 Å². The summed E-state index contributed by atoms with van der Waals surface area (Å²) in [5.41, 5.74) is 9.62. The molecule has 0 radical (unpaired) electrons. The maximum absolute atomic E-state index is 5.67. The van der Waals surface area contributed by atoms with Crippen LogP contribution in [-0.4, -0.2) is 13.1 Å². The molecule has 17 heavy (non-hydrogen) atoms. The van der Waals surface area contributed by atoms with Crippen LogP contribution in [0.25, 0.3) is 0 Å². The van der Waals surface area contributed by atoms with E-state index in [0.717, 1.165) is 6.04 Å². The Kier molecular flexibility index (Phi) is 4.06. The van der Waals surface area contributed by atoms with Crippen LogP contribution in [0.1, 0.15) is 43.2 Å². The Bertz CT molecular complexity index is 367. The summed E-state index contributed by atoms with van der Waals surface area (Å²) in [6, 6.07) is 7.33. The van der Waals surface area contributed by atoms with Crippen molar-refractivity contribution in [3.05, 3.63) is 29.3 Å². The molecule has 2 heteroatoms. The highest BCUT2D eigenvalue weighted by atomic mass is 15.1. The minimum absolute atomic E-state index is 0.633. The lowest BCUT2D eigenvalue weighted by Gasteiger charge is -2.34. The van der Waals surface area contributed by atoms with Crippen LogP contribution in [0.5, 0.6) is 0 Å². The number of nitrogens with zero attached hydrogens (tertiary/aromatic N) is 1. The zero-order valence-electron chi connectivity index (χ0n) is 11.1. The molecule has 0 spiro atoms. The number of nitrogens with two attached hydrogens (primary N) is 1. The summed E-state index contributed by atoms with van der Waals surface area (Å²) in [4.78, 5) is 2.47. The maximum Gasteiger partial charge on any atom is 0.0396 e. The molecule has 1 aromatic rings. The maximum atomic E-state index is 5.67. The van der Waals surface area contributed by atoms with Crippen LogP contribution in [0.4, 0.5) is 5.69 Å². The molecule has 2 N–H and O–H groups in total. The average Bonchev–Trinajstić information content (AvgIpc) is 2.39. The van der Waals surface area contributed by atoms with E-state index in [1.54, 1.807) is 0 Å². The summed E-state index contributed by atoms with van der Waals surface area (Å²) in [5.74, 6) is 0. The van der Waals surface area contributed by atoms with Gasteiger partial charge in [0.1, 0.15) is 0 Å². The van der Waals surface area contributed by atoms with Crippen LogP contribution < -0.4 is 10.6 Å². The third-order valence-electron chi connectivity index (χ3n) is 4.00. The van der Waals surface area contributed by atoms with Crippen molar-refractivity contribution in [3.8, 4) is 0 Å². The fourth-order valence-electron chi connectivity index (χ4n) is 2.91. The summed E-state index contributed by atoms with van der Waals surface area (Å²) in [5, 5.41) is 0. The molecule has 0 heterocycles. The fourth-order valence-corrected chi connectivity index (χ4v) is 2.91. The van der Waals surface area contributed by atoms with Crippen molar-refractivity contribution in [2.45, 2.75) is 51.6 Å². The highest BCUT2D eigenvalue weighted by Crippen LogP contribution is 2.28. The SMILES string of the molecule is Cc1cc(CN)ccc1N(C)C1CCCCC1. The van der Waals surface area contributed by atoms with Gasteiger partial charge in [0.25, 0.3) is 0 Å². The Morgan fingerprint density at radius 2 is 1.94 bits per heavy atom. The zero-order valence-corrected chi connectivity index (χ0v) is 11.1. The van der Waals surface area contributed by atoms with E-state index in [9.17, 15) is 0 Å². The first-order valence-electron chi connectivity index (χ1n) is 6.75. The minimum atomic E-state index is 0.633. The molecule has 0 unspecified atom stereocenters. The van der Waals surface area contributed by atoms with Crippen LogP contribution in [-0.2, 0) is 6.54 Å². The zero-order chi connectivity index (χ0) is 12.3. The van der Waals surface area contributed by atoms with Crippen molar-refractivity contribution in [2.75, 3.05) is 11.9 Å². The number of aryl methyl sites for hydroxylation is 1. The highest BCUT2D eigenvalue weighted by molar-refractivity contribution is 5.54. The quantitative estimate of drug-likeness (QED) is 0.867. The van der Waals surface area contributed by atoms with Gasteiger partial charge in [-0.3, -0.25) is 0 Å². The van der Waals surface area contributed by atoms with E-state index < -0.39 is 0 Å². The van der Waals surface area contributed by atoms with Crippen LogP contribution in [0.15, 0.2) is 18.2 Å². The first-order valence-corrected chi connectivity index (χ1v) is 6.75. The van der Waals surface area contributed by atoms with Gasteiger partial charge in [-0.2, -0.15) is 0 Å². The molecule has 0 atom stereocenters. The molecule has 1 aromatic carbocycles. The van der Waals surface area contributed by atoms with Gasteiger partial charge in [-0.25, -0.2) is 0 Å². The predicted octanol–water partition coefficient (Wildman–Crippen LogP) is 3.22. The second kappa shape index (κ2) is 5.54. The first-order chi connectivity index (χ1) is 8.22. The van der Waals surface area contributed by atoms with Crippen molar-refractivity contribution >= 4 is 5.69 Å². The van der Waals surface area contributed by atoms with Crippen molar-refractivity contribution in [2.24, 2.45) is 5.73 Å². The largest absolute Gasteiger partial charge is 0.371 e. The Labute approximate surface area is 105 Å². The van der Waals surface area contributed by atoms with Crippen molar-refractivity contribution in [1.29, 1.82) is 0 Å². The number of anilines is 1. The van der Waals surface area contributed by atoms with E-state index in [4.69, 9.17) is 5.73 Å². The van der Waals surface area contributed by atoms with Crippen LogP contribution in [0.2, 0.25) is 0 Å². The number of hydrogen-bond acceptors (Lipinski definition) is 2. The summed E-state index contributed by atoms with van der Waals surface area (Å²) in [6.07, 6.45) is 6.86. The lowest BCUT2D eigenvalue weighted by molar-refractivity contribution is 0.427. The molecule has 0 aliphatic heterocycles. The van der Waals surface area contributed by atoms with Crippen molar-refractivity contribution in [3.63, 3.8) is 0 Å². The third-order valence-corrected chi connectivity index (χ3v) is 4.00. The molecule has 2 rings (SSSR count). The highest BCUT2D eigenvalue weighted by Gasteiger charge is 2.19. The minimum Gasteiger partial charge on any atom is -0.371 e. The van der Waals surface area contributed by atoms with Gasteiger partial charge in [-0.05, 0) is 37.0 Å². The summed E-state index contributed by atoms with van der Waals surface area (Å²) in [6.45, 7) is 2.82. The predicted molar refractivity (Wildman–Crippen MR) is 74.3 cm³/mol. The van der Waals surface area contributed by atoms with E-state index in [1.165, 1.54) is 48.9 Å². The topological polar surface area (TPSA) is 29.3 Å². The van der Waals surface area contributed by atoms with E-state index in [2.05, 4.69) is 37.1 Å². The molecule has 0 bridgehead atoms. The molecule has 1 aliphatic carbocycles. The summed E-state index contributed by atoms with van der Waals surface area (Å²) >= 11 is 0. The molecule has 1 saturated carbocycles. The van der Waals surface area contributed by atoms with E-state index in [-0.39, 0.29) is 0 Å². The lowest BCUT2D eigenvalue weighted by atomic mass is 9.93. The van der Waals surface area contributed by atoms with Crippen molar-refractivity contribution in [1.82, 2.24) is 0 Å². The average molecular weight is 232 g/mol. The monoisotopic (exact) mass is 232 g/mol. The standard InChI is InChI=1S/C15H24N2/c1-12-10-13(11-16)8-9-15(12)17(2)14-6-4-3-5-7-14/h8-10,14H,3-7,11,16H2,1-2H3. The summed E-state index contributed by atoms with van der Waals surface area (Å²) in [7, 11) is 2.24. The van der Waals surface area contributed by atoms with Crippen LogP contribution in [0.3, 0.4) is 0 Å². The molecule has 0 saturated heterocycles. The Morgan fingerprint density at radius 1 is 1.24 bits per heavy atom. The second-order valence-electron chi connectivity index (χ2n) is 5.23. The normalized spacial score (nSPS) is 17.1. The summed E-state index contributed by atoms with van der Waals surface area (Å²) < 4.78 is 0. The molecule has 0 amide bonds. The van der Waals surface area contributed by atoms with Gasteiger partial charge in [0.2, 0.25) is 0 Å². The third kappa shape index (κ3) is 2.81. The fraction of sp³-hybridized carbons (Fsp3) is 0.600. The van der Waals surface area contributed by atoms with E-state index in [1.807, 2.05) is 0 Å². The van der Waals surface area contributed by atoms with E-state index >= 15 is 0 Å². The van der Waals surface area contributed by atoms with Gasteiger partial charge in [-0.1, -0.05) is 31.4 Å². The molecule has 94 valence electrons. The van der Waals surface area contributed by atoms with Crippen LogP contribution >= 0.6 is 0 Å². The van der Waals surface area contributed by atoms with Gasteiger partial charge in [-0.15, -0.1) is 0 Å². The molecule has 2 nitrogen and oxygen atoms in total. The second-order valence-corrected chi connectivity index (χ2v) is 5.23. The molecule has 1 fully saturated rings. The number of benzene rings is 1. The van der Waals surface area contributed by atoms with Gasteiger partial charge >= 0.3 is 0 Å². The Balaban J connectivity index is 2.15. The van der Waals surface area contributed by atoms with Gasteiger partial charge in [0.05, 0.1) is 0 Å². The smallest absolute Gasteiger partial charge is 0.0396 e. The lowest BCUT2D eigenvalue weighted by Crippen LogP contribution is -2.33. The molecular formula is C15H24N2. The van der Waals surface area contributed by atoms with Gasteiger partial charge in [0, 0.05) is 25.3 Å². The van der Waals surface area contributed by atoms with Gasteiger partial charge < -0.3 is 10.6 Å². The first kappa shape index (κ1) is 12.4. The molecular weight excluding hydrogens is 208 g/mol. The van der Waals surface area contributed by atoms with E-state index in [0.29, 0.717) is 6.54 Å². The number of rotatable bonds is 3. The van der Waals surface area contributed by atoms with Gasteiger partial charge in [0.15, 0.2) is 0 Å². The Morgan fingerprint density at radius 3 is 2.53 bits per heavy atom.